The molecule has 0 saturated carbocycles. The van der Waals surface area contributed by atoms with Gasteiger partial charge in [-0.1, -0.05) is 41.9 Å². The third-order valence-electron chi connectivity index (χ3n) is 5.06. The van der Waals surface area contributed by atoms with Gasteiger partial charge < -0.3 is 9.47 Å². The van der Waals surface area contributed by atoms with E-state index in [4.69, 9.17) is 38.4 Å². The minimum atomic E-state index is -0.755. The molecule has 0 spiro atoms. The summed E-state index contributed by atoms with van der Waals surface area (Å²) in [5.41, 5.74) is 1.64. The number of para-hydroxylation sites is 1. The third-order valence-corrected chi connectivity index (χ3v) is 5.76. The van der Waals surface area contributed by atoms with E-state index in [1.807, 2.05) is 59.2 Å². The van der Waals surface area contributed by atoms with Gasteiger partial charge in [-0.05, 0) is 36.5 Å². The summed E-state index contributed by atoms with van der Waals surface area (Å²) in [4.78, 5) is 12.3. The minimum absolute atomic E-state index is 0.0887. The fraction of sp³-hybridized carbons (Fsp3) is 0.250. The molecule has 1 aromatic heterocycles. The molecular weight excluding hydrogens is 398 g/mol. The first kappa shape index (κ1) is 17.8. The van der Waals surface area contributed by atoms with E-state index in [1.165, 1.54) is 0 Å². The van der Waals surface area contributed by atoms with Crippen LogP contribution in [0.2, 0.25) is 5.02 Å². The van der Waals surface area contributed by atoms with Crippen LogP contribution in [0.4, 0.5) is 0 Å². The highest BCUT2D eigenvalue weighted by atomic mass is 35.5. The summed E-state index contributed by atoms with van der Waals surface area (Å²) in [5, 5.41) is 5.37. The number of hydrogen-bond donors (Lipinski definition) is 0. The predicted octanol–water partition coefficient (Wildman–Crippen LogP) is 3.98. The van der Waals surface area contributed by atoms with Crippen LogP contribution >= 0.6 is 23.8 Å². The Morgan fingerprint density at radius 3 is 2.64 bits per heavy atom. The average molecular weight is 414 g/mol. The van der Waals surface area contributed by atoms with Gasteiger partial charge in [0.05, 0.1) is 17.7 Å². The number of rotatable bonds is 3. The molecule has 0 amide bonds. The molecule has 3 aromatic rings. The zero-order chi connectivity index (χ0) is 19.3. The van der Waals surface area contributed by atoms with Crippen molar-refractivity contribution >= 4 is 29.6 Å². The van der Waals surface area contributed by atoms with Crippen molar-refractivity contribution in [3.8, 4) is 17.1 Å². The summed E-state index contributed by atoms with van der Waals surface area (Å²) in [5.74, 6) is 0.532. The van der Waals surface area contributed by atoms with Crippen LogP contribution < -0.4 is 0 Å². The third kappa shape index (κ3) is 2.82. The molecule has 8 heteroatoms. The smallest absolute Gasteiger partial charge is 0.218 e. The van der Waals surface area contributed by atoms with Gasteiger partial charge in [0, 0.05) is 17.7 Å². The number of carbonyl (C=O) groups is 1. The number of ether oxygens (including phenoxy) is 2. The van der Waals surface area contributed by atoms with E-state index >= 15 is 0 Å². The summed E-state index contributed by atoms with van der Waals surface area (Å²) < 4.78 is 15.2. The van der Waals surface area contributed by atoms with E-state index in [9.17, 15) is 4.79 Å². The Morgan fingerprint density at radius 1 is 1.11 bits per heavy atom. The quantitative estimate of drug-likeness (QED) is 0.608. The molecule has 6 nitrogen and oxygen atoms in total. The molecule has 2 bridgehead atoms. The van der Waals surface area contributed by atoms with Crippen molar-refractivity contribution in [1.29, 1.82) is 0 Å². The van der Waals surface area contributed by atoms with Crippen molar-refractivity contribution < 1.29 is 14.3 Å². The lowest BCUT2D eigenvalue weighted by Gasteiger charge is -2.26. The van der Waals surface area contributed by atoms with Crippen LogP contribution in [-0.4, -0.2) is 39.1 Å². The number of halogens is 1. The zero-order valence-electron chi connectivity index (χ0n) is 14.7. The fourth-order valence-electron chi connectivity index (χ4n) is 3.69. The van der Waals surface area contributed by atoms with Crippen molar-refractivity contribution in [2.45, 2.75) is 24.9 Å². The van der Waals surface area contributed by atoms with Crippen LogP contribution in [-0.2, 0) is 14.3 Å². The van der Waals surface area contributed by atoms with Crippen molar-refractivity contribution in [3.05, 3.63) is 64.4 Å². The Morgan fingerprint density at radius 2 is 1.86 bits per heavy atom. The van der Waals surface area contributed by atoms with Crippen LogP contribution in [0.1, 0.15) is 12.5 Å². The van der Waals surface area contributed by atoms with Gasteiger partial charge in [0.2, 0.25) is 11.1 Å². The summed E-state index contributed by atoms with van der Waals surface area (Å²) in [6.45, 7) is 0.350. The number of ketones is 1. The molecule has 0 radical (unpaired) electrons. The first-order valence-electron chi connectivity index (χ1n) is 8.95. The van der Waals surface area contributed by atoms with Crippen molar-refractivity contribution in [2.24, 2.45) is 0 Å². The maximum atomic E-state index is 12.3. The summed E-state index contributed by atoms with van der Waals surface area (Å²) in [6, 6.07) is 16.9. The van der Waals surface area contributed by atoms with Crippen LogP contribution in [0.25, 0.3) is 17.1 Å². The average Bonchev–Trinajstić information content (AvgIpc) is 3.29. The van der Waals surface area contributed by atoms with Crippen LogP contribution in [0.5, 0.6) is 0 Å². The van der Waals surface area contributed by atoms with Crippen molar-refractivity contribution in [3.63, 3.8) is 0 Å². The van der Waals surface area contributed by atoms with Crippen LogP contribution in [0, 0.1) is 4.77 Å². The first-order chi connectivity index (χ1) is 13.6. The van der Waals surface area contributed by atoms with E-state index in [0.29, 0.717) is 22.2 Å². The Hall–Kier alpha value is -2.32. The molecule has 0 N–H and O–H groups in total. The van der Waals surface area contributed by atoms with Crippen LogP contribution in [0.15, 0.2) is 54.6 Å². The highest BCUT2D eigenvalue weighted by molar-refractivity contribution is 7.71. The molecule has 3 atom stereocenters. The zero-order valence-corrected chi connectivity index (χ0v) is 16.3. The Balaban J connectivity index is 1.71. The molecule has 5 rings (SSSR count). The molecule has 28 heavy (non-hydrogen) atoms. The number of hydrogen-bond acceptors (Lipinski definition) is 5. The molecule has 0 unspecified atom stereocenters. The molecule has 2 saturated heterocycles. The molecule has 3 heterocycles. The lowest BCUT2D eigenvalue weighted by atomic mass is 10.0. The monoisotopic (exact) mass is 413 g/mol. The molecule has 2 aliphatic rings. The lowest BCUT2D eigenvalue weighted by Crippen LogP contribution is -2.37. The van der Waals surface area contributed by atoms with E-state index in [1.54, 1.807) is 4.68 Å². The summed E-state index contributed by atoms with van der Waals surface area (Å²) >= 11 is 12.2. The van der Waals surface area contributed by atoms with E-state index in [-0.39, 0.29) is 24.3 Å². The topological polar surface area (TPSA) is 58.3 Å². The molecular formula is C20H16ClN3O3S. The standard InChI is InChI=1S/C20H16ClN3O3S/c21-14-9-5-4-8-13(14)18-22-24(15-10-16(25)19-26-11-17(15)27-19)20(28)23(18)12-6-2-1-3-7-12/h1-9,15,17,19H,10-11H2/t15-,17+,19-/m0/s1. The minimum Gasteiger partial charge on any atom is -0.343 e. The second-order valence-electron chi connectivity index (χ2n) is 6.78. The highest BCUT2D eigenvalue weighted by Crippen LogP contribution is 2.35. The van der Waals surface area contributed by atoms with E-state index < -0.39 is 6.29 Å². The number of fused-ring (bicyclic) bond motifs is 2. The molecule has 2 aromatic carbocycles. The second kappa shape index (κ2) is 6.93. The largest absolute Gasteiger partial charge is 0.343 e. The molecule has 2 aliphatic heterocycles. The van der Waals surface area contributed by atoms with Gasteiger partial charge in [-0.25, -0.2) is 4.68 Å². The SMILES string of the molecule is O=C1C[C@H](n2nc(-c3ccccc3Cl)n(-c3ccccc3)c2=S)[C@H]2CO[C@H]1O2. The van der Waals surface area contributed by atoms with Gasteiger partial charge in [-0.3, -0.25) is 9.36 Å². The van der Waals surface area contributed by atoms with E-state index in [2.05, 4.69) is 0 Å². The number of carbonyl (C=O) groups excluding carboxylic acids is 1. The second-order valence-corrected chi connectivity index (χ2v) is 7.55. The summed E-state index contributed by atoms with van der Waals surface area (Å²) in [7, 11) is 0. The normalized spacial score (nSPS) is 23.9. The van der Waals surface area contributed by atoms with E-state index in [0.717, 1.165) is 11.3 Å². The van der Waals surface area contributed by atoms with Gasteiger partial charge in [-0.15, -0.1) is 0 Å². The van der Waals surface area contributed by atoms with Gasteiger partial charge in [0.1, 0.15) is 6.10 Å². The number of benzene rings is 2. The van der Waals surface area contributed by atoms with Gasteiger partial charge in [-0.2, -0.15) is 5.10 Å². The Labute approximate surface area is 171 Å². The molecule has 2 fully saturated rings. The number of aromatic nitrogens is 3. The lowest BCUT2D eigenvalue weighted by molar-refractivity contribution is -0.156. The van der Waals surface area contributed by atoms with Crippen molar-refractivity contribution in [1.82, 2.24) is 14.3 Å². The number of Topliss-reactive ketones (excluding diaryl/α,β-unsaturated/α-hetero) is 1. The summed E-state index contributed by atoms with van der Waals surface area (Å²) in [6.07, 6.45) is -0.737. The Kier molecular flexibility index (Phi) is 4.40. The van der Waals surface area contributed by atoms with Gasteiger partial charge in [0.25, 0.3) is 0 Å². The molecule has 142 valence electrons. The maximum Gasteiger partial charge on any atom is 0.218 e. The first-order valence-corrected chi connectivity index (χ1v) is 9.74. The van der Waals surface area contributed by atoms with Crippen LogP contribution in [0.3, 0.4) is 0 Å². The maximum absolute atomic E-state index is 12.3. The Bertz CT molecular complexity index is 1110. The van der Waals surface area contributed by atoms with Gasteiger partial charge in [0.15, 0.2) is 11.6 Å². The number of nitrogens with zero attached hydrogens (tertiary/aromatic N) is 3. The molecule has 0 aliphatic carbocycles. The van der Waals surface area contributed by atoms with Gasteiger partial charge >= 0.3 is 0 Å². The highest BCUT2D eigenvalue weighted by Gasteiger charge is 2.45. The fourth-order valence-corrected chi connectivity index (χ4v) is 4.28. The van der Waals surface area contributed by atoms with Crippen molar-refractivity contribution in [2.75, 3.05) is 6.61 Å². The predicted molar refractivity (Wildman–Crippen MR) is 106 cm³/mol.